The van der Waals surface area contributed by atoms with E-state index in [-0.39, 0.29) is 6.54 Å². The van der Waals surface area contributed by atoms with E-state index in [1.165, 1.54) is 4.40 Å². The van der Waals surface area contributed by atoms with Crippen LogP contribution in [0.25, 0.3) is 16.9 Å². The molecular weight excluding hydrogens is 378 g/mol. The van der Waals surface area contributed by atoms with E-state index in [2.05, 4.69) is 15.4 Å². The third-order valence-electron chi connectivity index (χ3n) is 4.25. The van der Waals surface area contributed by atoms with Crippen LogP contribution in [0.1, 0.15) is 5.82 Å². The highest BCUT2D eigenvalue weighted by molar-refractivity contribution is 6.33. The molecule has 0 saturated carbocycles. The Bertz CT molecular complexity index is 1230. The van der Waals surface area contributed by atoms with E-state index in [0.717, 1.165) is 10.2 Å². The van der Waals surface area contributed by atoms with Crippen molar-refractivity contribution in [2.45, 2.75) is 13.5 Å². The van der Waals surface area contributed by atoms with Crippen molar-refractivity contribution in [3.05, 3.63) is 82.0 Å². The highest BCUT2D eigenvalue weighted by atomic mass is 35.5. The third-order valence-corrected chi connectivity index (χ3v) is 4.58. The normalized spacial score (nSPS) is 10.9. The first-order valence-electron chi connectivity index (χ1n) is 8.60. The van der Waals surface area contributed by atoms with E-state index < -0.39 is 11.6 Å². The van der Waals surface area contributed by atoms with Crippen LogP contribution >= 0.6 is 11.6 Å². The SMILES string of the molecule is Cc1nc(-c2ccccc2)cc2nn(CC(=O)Nc3ccccc3Cl)c(=O)n12. The van der Waals surface area contributed by atoms with Gasteiger partial charge in [0.25, 0.3) is 0 Å². The van der Waals surface area contributed by atoms with Gasteiger partial charge in [-0.05, 0) is 19.1 Å². The van der Waals surface area contributed by atoms with Crippen LogP contribution in [0.15, 0.2) is 65.5 Å². The first kappa shape index (κ1) is 17.9. The summed E-state index contributed by atoms with van der Waals surface area (Å²) in [6.07, 6.45) is 0. The molecule has 28 heavy (non-hydrogen) atoms. The van der Waals surface area contributed by atoms with E-state index in [4.69, 9.17) is 11.6 Å². The van der Waals surface area contributed by atoms with Crippen LogP contribution < -0.4 is 11.0 Å². The second-order valence-corrected chi connectivity index (χ2v) is 6.62. The Labute approximate surface area is 165 Å². The predicted octanol–water partition coefficient (Wildman–Crippen LogP) is 3.16. The maximum absolute atomic E-state index is 12.7. The molecule has 2 aromatic heterocycles. The van der Waals surface area contributed by atoms with Gasteiger partial charge in [-0.3, -0.25) is 4.79 Å². The van der Waals surface area contributed by atoms with Crippen LogP contribution in [0.4, 0.5) is 5.69 Å². The molecular formula is C20H16ClN5O2. The molecule has 0 saturated heterocycles. The molecule has 1 N–H and O–H groups in total. The van der Waals surface area contributed by atoms with Gasteiger partial charge in [-0.2, -0.15) is 0 Å². The summed E-state index contributed by atoms with van der Waals surface area (Å²) in [4.78, 5) is 29.5. The summed E-state index contributed by atoms with van der Waals surface area (Å²) >= 11 is 6.05. The summed E-state index contributed by atoms with van der Waals surface area (Å²) in [5.74, 6) is 0.103. The lowest BCUT2D eigenvalue weighted by Crippen LogP contribution is -2.29. The molecule has 0 radical (unpaired) electrons. The van der Waals surface area contributed by atoms with Crippen LogP contribution in [-0.2, 0) is 11.3 Å². The number of aromatic nitrogens is 4. The fraction of sp³-hybridized carbons (Fsp3) is 0.100. The number of nitrogens with one attached hydrogen (secondary N) is 1. The lowest BCUT2D eigenvalue weighted by molar-refractivity contribution is -0.117. The standard InChI is InChI=1S/C20H16ClN5O2/c1-13-22-17(14-7-3-2-4-8-14)11-18-24-25(20(28)26(13)18)12-19(27)23-16-10-6-5-9-15(16)21/h2-11H,12H2,1H3,(H,23,27). The van der Waals surface area contributed by atoms with Crippen molar-refractivity contribution in [3.8, 4) is 11.3 Å². The number of hydrogen-bond acceptors (Lipinski definition) is 4. The summed E-state index contributed by atoms with van der Waals surface area (Å²) in [5, 5.41) is 7.41. The van der Waals surface area contributed by atoms with Crippen molar-refractivity contribution in [1.29, 1.82) is 0 Å². The van der Waals surface area contributed by atoms with Crippen LogP contribution in [0.2, 0.25) is 5.02 Å². The number of anilines is 1. The zero-order valence-corrected chi connectivity index (χ0v) is 15.7. The lowest BCUT2D eigenvalue weighted by atomic mass is 10.1. The van der Waals surface area contributed by atoms with E-state index in [0.29, 0.717) is 27.9 Å². The van der Waals surface area contributed by atoms with Crippen molar-refractivity contribution < 1.29 is 4.79 Å². The van der Waals surface area contributed by atoms with Crippen LogP contribution in [-0.4, -0.2) is 25.1 Å². The Hall–Kier alpha value is -3.45. The monoisotopic (exact) mass is 393 g/mol. The van der Waals surface area contributed by atoms with Gasteiger partial charge >= 0.3 is 5.69 Å². The Morgan fingerprint density at radius 2 is 1.82 bits per heavy atom. The quantitative estimate of drug-likeness (QED) is 0.577. The second kappa shape index (κ2) is 7.28. The maximum atomic E-state index is 12.7. The van der Waals surface area contributed by atoms with Gasteiger partial charge in [0, 0.05) is 11.6 Å². The van der Waals surface area contributed by atoms with E-state index in [1.54, 1.807) is 37.3 Å². The van der Waals surface area contributed by atoms with Crippen LogP contribution in [0, 0.1) is 6.92 Å². The van der Waals surface area contributed by atoms with Crippen LogP contribution in [0.5, 0.6) is 0 Å². The number of aryl methyl sites for hydroxylation is 1. The molecule has 0 unspecified atom stereocenters. The molecule has 1 amide bonds. The van der Waals surface area contributed by atoms with Crippen molar-refractivity contribution in [2.75, 3.05) is 5.32 Å². The van der Waals surface area contributed by atoms with Crippen molar-refractivity contribution in [3.63, 3.8) is 0 Å². The number of rotatable bonds is 4. The largest absolute Gasteiger partial charge is 0.352 e. The number of fused-ring (bicyclic) bond motifs is 1. The molecule has 0 aliphatic rings. The van der Waals surface area contributed by atoms with Gasteiger partial charge < -0.3 is 5.32 Å². The van der Waals surface area contributed by atoms with Gasteiger partial charge in [-0.25, -0.2) is 18.9 Å². The van der Waals surface area contributed by atoms with E-state index in [1.807, 2.05) is 30.3 Å². The summed E-state index contributed by atoms with van der Waals surface area (Å²) in [5.41, 5.74) is 2.13. The first-order valence-corrected chi connectivity index (χ1v) is 8.98. The molecule has 0 bridgehead atoms. The number of halogens is 1. The Balaban J connectivity index is 1.66. The molecule has 4 aromatic rings. The summed E-state index contributed by atoms with van der Waals surface area (Å²) in [7, 11) is 0. The van der Waals surface area contributed by atoms with Gasteiger partial charge in [-0.1, -0.05) is 54.1 Å². The number of carbonyl (C=O) groups is 1. The summed E-state index contributed by atoms with van der Waals surface area (Å²) < 4.78 is 2.50. The van der Waals surface area contributed by atoms with Crippen molar-refractivity contribution in [1.82, 2.24) is 19.2 Å². The number of amides is 1. The van der Waals surface area contributed by atoms with E-state index in [9.17, 15) is 9.59 Å². The number of carbonyl (C=O) groups excluding carboxylic acids is 1. The number of nitrogens with zero attached hydrogens (tertiary/aromatic N) is 4. The molecule has 2 aromatic carbocycles. The topological polar surface area (TPSA) is 81.3 Å². The minimum absolute atomic E-state index is 0.230. The zero-order chi connectivity index (χ0) is 19.7. The Morgan fingerprint density at radius 3 is 2.57 bits per heavy atom. The molecule has 0 fully saturated rings. The number of hydrogen-bond donors (Lipinski definition) is 1. The number of para-hydroxylation sites is 1. The highest BCUT2D eigenvalue weighted by Crippen LogP contribution is 2.20. The molecule has 7 nitrogen and oxygen atoms in total. The van der Waals surface area contributed by atoms with Crippen molar-refractivity contribution in [2.24, 2.45) is 0 Å². The fourth-order valence-corrected chi connectivity index (χ4v) is 3.13. The predicted molar refractivity (Wildman–Crippen MR) is 108 cm³/mol. The van der Waals surface area contributed by atoms with Gasteiger partial charge in [0.05, 0.1) is 16.4 Å². The Morgan fingerprint density at radius 1 is 1.11 bits per heavy atom. The fourth-order valence-electron chi connectivity index (χ4n) is 2.95. The molecule has 8 heteroatoms. The molecule has 0 aliphatic heterocycles. The Kier molecular flexibility index (Phi) is 4.67. The third kappa shape index (κ3) is 3.39. The van der Waals surface area contributed by atoms with E-state index >= 15 is 0 Å². The smallest absolute Gasteiger partial charge is 0.323 e. The summed E-state index contributed by atoms with van der Waals surface area (Å²) in [6, 6.07) is 18.2. The molecule has 0 atom stereocenters. The first-order chi connectivity index (χ1) is 13.5. The zero-order valence-electron chi connectivity index (χ0n) is 15.0. The summed E-state index contributed by atoms with van der Waals surface area (Å²) in [6.45, 7) is 1.50. The number of benzene rings is 2. The average Bonchev–Trinajstić information content (AvgIpc) is 3.00. The highest BCUT2D eigenvalue weighted by Gasteiger charge is 2.15. The van der Waals surface area contributed by atoms with Gasteiger partial charge in [0.15, 0.2) is 5.65 Å². The molecule has 0 spiro atoms. The lowest BCUT2D eigenvalue weighted by Gasteiger charge is -2.06. The van der Waals surface area contributed by atoms with Gasteiger partial charge in [0.1, 0.15) is 12.4 Å². The minimum atomic E-state index is -0.422. The maximum Gasteiger partial charge on any atom is 0.352 e. The molecule has 4 rings (SSSR count). The van der Waals surface area contributed by atoms with Crippen molar-refractivity contribution >= 4 is 28.8 Å². The second-order valence-electron chi connectivity index (χ2n) is 6.22. The average molecular weight is 394 g/mol. The van der Waals surface area contributed by atoms with Gasteiger partial charge in [0.2, 0.25) is 5.91 Å². The minimum Gasteiger partial charge on any atom is -0.323 e. The van der Waals surface area contributed by atoms with Crippen LogP contribution in [0.3, 0.4) is 0 Å². The molecule has 140 valence electrons. The molecule has 2 heterocycles. The van der Waals surface area contributed by atoms with Gasteiger partial charge in [-0.15, -0.1) is 5.10 Å². The molecule has 0 aliphatic carbocycles.